The number of fused-ring (bicyclic) bond motifs is 1. The molecule has 0 radical (unpaired) electrons. The van der Waals surface area contributed by atoms with Crippen LogP contribution in [0.3, 0.4) is 0 Å². The fourth-order valence-corrected chi connectivity index (χ4v) is 2.90. The first-order valence-corrected chi connectivity index (χ1v) is 7.09. The van der Waals surface area contributed by atoms with Gasteiger partial charge in [-0.15, -0.1) is 0 Å². The van der Waals surface area contributed by atoms with Crippen LogP contribution in [0.5, 0.6) is 0 Å². The normalized spacial score (nSPS) is 23.0. The van der Waals surface area contributed by atoms with Crippen molar-refractivity contribution in [1.82, 2.24) is 4.98 Å². The van der Waals surface area contributed by atoms with Gasteiger partial charge in [-0.05, 0) is 23.8 Å². The second-order valence-electron chi connectivity index (χ2n) is 5.15. The molecule has 3 heteroatoms. The molecule has 0 bridgehead atoms. The van der Waals surface area contributed by atoms with Gasteiger partial charge >= 0.3 is 0 Å². The standard InChI is InChI=1S/C18H15N3/c1-2-7-14(8-3-1)18-20-16-10-4-5-11-17(16)21(18)15-9-6-12-19-13-15/h1-13,17-18H. The van der Waals surface area contributed by atoms with Crippen LogP contribution in [-0.4, -0.2) is 16.7 Å². The number of aliphatic imine (C=N–C) groups is 1. The van der Waals surface area contributed by atoms with Gasteiger partial charge in [0.05, 0.1) is 23.6 Å². The second kappa shape index (κ2) is 5.02. The van der Waals surface area contributed by atoms with E-state index >= 15 is 0 Å². The molecular weight excluding hydrogens is 258 g/mol. The topological polar surface area (TPSA) is 28.5 Å². The first-order valence-electron chi connectivity index (χ1n) is 7.09. The predicted molar refractivity (Wildman–Crippen MR) is 85.4 cm³/mol. The van der Waals surface area contributed by atoms with E-state index < -0.39 is 0 Å². The number of benzene rings is 1. The lowest BCUT2D eigenvalue weighted by molar-refractivity contribution is 0.694. The summed E-state index contributed by atoms with van der Waals surface area (Å²) in [5, 5.41) is 0. The summed E-state index contributed by atoms with van der Waals surface area (Å²) in [6, 6.07) is 14.7. The maximum absolute atomic E-state index is 4.91. The Bertz CT molecular complexity index is 717. The molecule has 2 aromatic rings. The van der Waals surface area contributed by atoms with E-state index in [1.165, 1.54) is 5.56 Å². The summed E-state index contributed by atoms with van der Waals surface area (Å²) in [5.41, 5.74) is 3.40. The molecule has 3 nitrogen and oxygen atoms in total. The van der Waals surface area contributed by atoms with Gasteiger partial charge in [-0.2, -0.15) is 0 Å². The minimum Gasteiger partial charge on any atom is -0.332 e. The molecule has 0 saturated heterocycles. The summed E-state index contributed by atoms with van der Waals surface area (Å²) >= 11 is 0. The molecule has 0 N–H and O–H groups in total. The van der Waals surface area contributed by atoms with Gasteiger partial charge in [-0.3, -0.25) is 9.98 Å². The molecule has 1 aromatic carbocycles. The van der Waals surface area contributed by atoms with E-state index in [0.29, 0.717) is 0 Å². The molecule has 4 rings (SSSR count). The summed E-state index contributed by atoms with van der Waals surface area (Å²) in [4.78, 5) is 11.5. The number of allylic oxidation sites excluding steroid dienone is 2. The van der Waals surface area contributed by atoms with Gasteiger partial charge < -0.3 is 4.90 Å². The highest BCUT2D eigenvalue weighted by Gasteiger charge is 2.35. The van der Waals surface area contributed by atoms with Gasteiger partial charge in [-0.25, -0.2) is 0 Å². The zero-order chi connectivity index (χ0) is 14.1. The first kappa shape index (κ1) is 12.1. The lowest BCUT2D eigenvalue weighted by Gasteiger charge is -2.30. The molecule has 1 aromatic heterocycles. The quantitative estimate of drug-likeness (QED) is 0.837. The van der Waals surface area contributed by atoms with E-state index in [0.717, 1.165) is 11.4 Å². The Labute approximate surface area is 124 Å². The molecule has 1 aliphatic carbocycles. The van der Waals surface area contributed by atoms with Gasteiger partial charge in [0.2, 0.25) is 0 Å². The van der Waals surface area contributed by atoms with Crippen molar-refractivity contribution >= 4 is 11.4 Å². The number of anilines is 1. The smallest absolute Gasteiger partial charge is 0.148 e. The van der Waals surface area contributed by atoms with Crippen LogP contribution in [0.25, 0.3) is 0 Å². The van der Waals surface area contributed by atoms with Gasteiger partial charge in [0.25, 0.3) is 0 Å². The Morgan fingerprint density at radius 2 is 1.86 bits per heavy atom. The van der Waals surface area contributed by atoms with Crippen LogP contribution in [0.1, 0.15) is 11.7 Å². The van der Waals surface area contributed by atoms with Gasteiger partial charge in [0.15, 0.2) is 0 Å². The maximum Gasteiger partial charge on any atom is 0.148 e. The van der Waals surface area contributed by atoms with E-state index in [2.05, 4.69) is 58.4 Å². The van der Waals surface area contributed by atoms with Crippen molar-refractivity contribution in [3.63, 3.8) is 0 Å². The largest absolute Gasteiger partial charge is 0.332 e. The van der Waals surface area contributed by atoms with E-state index in [4.69, 9.17) is 4.99 Å². The number of rotatable bonds is 2. The molecule has 2 atom stereocenters. The highest BCUT2D eigenvalue weighted by atomic mass is 15.3. The van der Waals surface area contributed by atoms with Crippen molar-refractivity contribution in [2.24, 2.45) is 4.99 Å². The van der Waals surface area contributed by atoms with E-state index in [9.17, 15) is 0 Å². The van der Waals surface area contributed by atoms with Crippen LogP contribution < -0.4 is 4.90 Å². The Morgan fingerprint density at radius 3 is 2.67 bits per heavy atom. The summed E-state index contributed by atoms with van der Waals surface area (Å²) < 4.78 is 0. The lowest BCUT2D eigenvalue weighted by Crippen LogP contribution is -2.35. The van der Waals surface area contributed by atoms with Crippen LogP contribution >= 0.6 is 0 Å². The van der Waals surface area contributed by atoms with Gasteiger partial charge in [0.1, 0.15) is 6.17 Å². The molecule has 0 fully saturated rings. The van der Waals surface area contributed by atoms with Crippen LogP contribution in [0, 0.1) is 0 Å². The average molecular weight is 273 g/mol. The molecule has 2 unspecified atom stereocenters. The van der Waals surface area contributed by atoms with E-state index in [1.54, 1.807) is 6.20 Å². The fourth-order valence-electron chi connectivity index (χ4n) is 2.90. The van der Waals surface area contributed by atoms with E-state index in [1.807, 2.05) is 24.4 Å². The van der Waals surface area contributed by atoms with Crippen molar-refractivity contribution < 1.29 is 0 Å². The number of hydrogen-bond donors (Lipinski definition) is 0. The Morgan fingerprint density at radius 1 is 0.952 bits per heavy atom. The Hall–Kier alpha value is -2.68. The van der Waals surface area contributed by atoms with Crippen molar-refractivity contribution in [3.8, 4) is 0 Å². The van der Waals surface area contributed by atoms with Crippen LogP contribution in [0.15, 0.2) is 84.2 Å². The van der Waals surface area contributed by atoms with E-state index in [-0.39, 0.29) is 12.2 Å². The highest BCUT2D eigenvalue weighted by molar-refractivity contribution is 6.06. The molecule has 102 valence electrons. The van der Waals surface area contributed by atoms with Crippen molar-refractivity contribution in [1.29, 1.82) is 0 Å². The molecule has 2 heterocycles. The molecule has 0 saturated carbocycles. The van der Waals surface area contributed by atoms with Crippen LogP contribution in [0.2, 0.25) is 0 Å². The second-order valence-corrected chi connectivity index (χ2v) is 5.15. The third-order valence-electron chi connectivity index (χ3n) is 3.85. The minimum atomic E-state index is 0.00259. The number of pyridine rings is 1. The zero-order valence-electron chi connectivity index (χ0n) is 11.5. The number of aromatic nitrogens is 1. The van der Waals surface area contributed by atoms with Crippen molar-refractivity contribution in [2.45, 2.75) is 12.2 Å². The summed E-state index contributed by atoms with van der Waals surface area (Å²) in [6.45, 7) is 0. The van der Waals surface area contributed by atoms with Crippen LogP contribution in [-0.2, 0) is 0 Å². The summed E-state index contributed by atoms with van der Waals surface area (Å²) in [6.07, 6.45) is 12.1. The fraction of sp³-hybridized carbons (Fsp3) is 0.111. The third-order valence-corrected chi connectivity index (χ3v) is 3.85. The molecular formula is C18H15N3. The molecule has 2 aliphatic rings. The third kappa shape index (κ3) is 2.07. The molecule has 1 aliphatic heterocycles. The highest BCUT2D eigenvalue weighted by Crippen LogP contribution is 2.36. The predicted octanol–water partition coefficient (Wildman–Crippen LogP) is 3.54. The Kier molecular flexibility index (Phi) is 2.89. The SMILES string of the molecule is C1=CC2=NC(c3ccccc3)N(c3cccnc3)C2C=C1. The number of hydrogen-bond acceptors (Lipinski definition) is 3. The van der Waals surface area contributed by atoms with Crippen molar-refractivity contribution in [2.75, 3.05) is 4.90 Å². The lowest BCUT2D eigenvalue weighted by atomic mass is 10.0. The summed E-state index contributed by atoms with van der Waals surface area (Å²) in [7, 11) is 0. The van der Waals surface area contributed by atoms with Crippen LogP contribution in [0.4, 0.5) is 5.69 Å². The molecule has 21 heavy (non-hydrogen) atoms. The zero-order valence-corrected chi connectivity index (χ0v) is 11.5. The Balaban J connectivity index is 1.82. The summed E-state index contributed by atoms with van der Waals surface area (Å²) in [5.74, 6) is 0. The average Bonchev–Trinajstić information content (AvgIpc) is 2.96. The molecule has 0 amide bonds. The number of nitrogens with zero attached hydrogens (tertiary/aromatic N) is 3. The van der Waals surface area contributed by atoms with Gasteiger partial charge in [-0.1, -0.05) is 48.6 Å². The van der Waals surface area contributed by atoms with Crippen molar-refractivity contribution in [3.05, 3.63) is 84.7 Å². The molecule has 0 spiro atoms. The minimum absolute atomic E-state index is 0.00259. The first-order chi connectivity index (χ1) is 10.4. The maximum atomic E-state index is 4.91. The van der Waals surface area contributed by atoms with Gasteiger partial charge in [0, 0.05) is 6.20 Å². The monoisotopic (exact) mass is 273 g/mol.